The van der Waals surface area contributed by atoms with E-state index in [1.165, 1.54) is 5.32 Å². The molecule has 1 unspecified atom stereocenters. The number of nitrogens with zero attached hydrogens (tertiary/aromatic N) is 3. The normalized spacial score (nSPS) is 17.0. The summed E-state index contributed by atoms with van der Waals surface area (Å²) in [7, 11) is 0. The maximum Gasteiger partial charge on any atom is 0.459 e. The number of anilines is 2. The molecule has 0 spiro atoms. The molecule has 1 aliphatic heterocycles. The summed E-state index contributed by atoms with van der Waals surface area (Å²) in [6.07, 6.45) is -11.6. The van der Waals surface area contributed by atoms with Gasteiger partial charge in [-0.15, -0.1) is 0 Å². The first-order valence-electron chi connectivity index (χ1n) is 10.7. The lowest BCUT2D eigenvalue weighted by atomic mass is 9.93. The van der Waals surface area contributed by atoms with Crippen LogP contribution in [0.4, 0.5) is 60.5 Å². The number of rotatable bonds is 6. The fourth-order valence-electron chi connectivity index (χ4n) is 3.60. The first-order chi connectivity index (χ1) is 18.0. The van der Waals surface area contributed by atoms with Gasteiger partial charge in [0.15, 0.2) is 0 Å². The van der Waals surface area contributed by atoms with Crippen LogP contribution in [0.2, 0.25) is 5.02 Å². The smallest absolute Gasteiger partial charge is 0.383 e. The molecular formula is C21H17ClF10N6O2. The number of nitrogens with two attached hydrogens (primary N) is 1. The van der Waals surface area contributed by atoms with Crippen molar-refractivity contribution in [3.05, 3.63) is 46.1 Å². The van der Waals surface area contributed by atoms with Crippen molar-refractivity contribution in [1.29, 1.82) is 0 Å². The number of benzene rings is 1. The van der Waals surface area contributed by atoms with Gasteiger partial charge in [-0.05, 0) is 37.6 Å². The van der Waals surface area contributed by atoms with Crippen LogP contribution in [0.1, 0.15) is 41.4 Å². The lowest BCUT2D eigenvalue weighted by Crippen LogP contribution is -2.58. The molecule has 1 atom stereocenters. The molecule has 0 radical (unpaired) electrons. The molecule has 1 saturated heterocycles. The lowest BCUT2D eigenvalue weighted by molar-refractivity contribution is -0.360. The van der Waals surface area contributed by atoms with Gasteiger partial charge in [0, 0.05) is 11.2 Å². The number of halogens is 11. The number of nitrogens with one attached hydrogen (secondary N) is 2. The summed E-state index contributed by atoms with van der Waals surface area (Å²) >= 11 is 5.63. The van der Waals surface area contributed by atoms with E-state index in [0.29, 0.717) is 12.3 Å². The Kier molecular flexibility index (Phi) is 7.59. The number of nitrogen functional groups attached to an aromatic ring is 1. The van der Waals surface area contributed by atoms with Crippen molar-refractivity contribution in [2.45, 2.75) is 49.6 Å². The minimum absolute atomic E-state index is 0.00564. The highest BCUT2D eigenvalue weighted by molar-refractivity contribution is 6.31. The number of hydrogen-bond donors (Lipinski definition) is 3. The standard InChI is InChI=1S/C21H17ClF10N6O2/c1-17(2)7-38(16(40)37-17)15-34-6-10(13(33)36-15)14(39)35-12(18(23,24)20(28,29)21(30,31)32)9-5-8(19(25,26)27)3-4-11(9)22/h3-6,12H,7H2,1-2H3,(H,35,39)(H,37,40)(H2,33,34,36). The molecule has 2 heterocycles. The minimum Gasteiger partial charge on any atom is -0.383 e. The van der Waals surface area contributed by atoms with Gasteiger partial charge in [0.05, 0.1) is 23.2 Å². The average molecular weight is 611 g/mol. The van der Waals surface area contributed by atoms with Gasteiger partial charge < -0.3 is 16.4 Å². The largest absolute Gasteiger partial charge is 0.459 e. The summed E-state index contributed by atoms with van der Waals surface area (Å²) in [5.74, 6) is -16.2. The highest BCUT2D eigenvalue weighted by Crippen LogP contribution is 2.53. The van der Waals surface area contributed by atoms with E-state index in [4.69, 9.17) is 17.3 Å². The van der Waals surface area contributed by atoms with Crippen molar-refractivity contribution >= 4 is 35.3 Å². The Morgan fingerprint density at radius 1 is 1.12 bits per heavy atom. The molecular weight excluding hydrogens is 594 g/mol. The third kappa shape index (κ3) is 5.66. The van der Waals surface area contributed by atoms with Crippen LogP contribution in [0.3, 0.4) is 0 Å². The van der Waals surface area contributed by atoms with Gasteiger partial charge in [0.2, 0.25) is 5.95 Å². The molecule has 1 aliphatic rings. The first kappa shape index (κ1) is 31.0. The fourth-order valence-corrected chi connectivity index (χ4v) is 3.83. The Hall–Kier alpha value is -3.57. The summed E-state index contributed by atoms with van der Waals surface area (Å²) in [5.41, 5.74) is 0.592. The fraction of sp³-hybridized carbons (Fsp3) is 0.429. The monoisotopic (exact) mass is 610 g/mol. The van der Waals surface area contributed by atoms with Crippen LogP contribution in [0, 0.1) is 0 Å². The summed E-state index contributed by atoms with van der Waals surface area (Å²) in [4.78, 5) is 33.2. The van der Waals surface area contributed by atoms with Crippen molar-refractivity contribution in [3.63, 3.8) is 0 Å². The van der Waals surface area contributed by atoms with Crippen molar-refractivity contribution in [2.75, 3.05) is 17.2 Å². The zero-order chi connectivity index (χ0) is 30.6. The van der Waals surface area contributed by atoms with E-state index in [1.54, 1.807) is 13.8 Å². The number of urea groups is 1. The number of hydrogen-bond acceptors (Lipinski definition) is 5. The first-order valence-corrected chi connectivity index (χ1v) is 11.1. The zero-order valence-corrected chi connectivity index (χ0v) is 20.7. The maximum atomic E-state index is 14.9. The Morgan fingerprint density at radius 2 is 1.73 bits per heavy atom. The van der Waals surface area contributed by atoms with E-state index >= 15 is 0 Å². The second kappa shape index (κ2) is 9.81. The van der Waals surface area contributed by atoms with Crippen LogP contribution >= 0.6 is 11.6 Å². The van der Waals surface area contributed by atoms with Gasteiger partial charge in [-0.3, -0.25) is 9.69 Å². The van der Waals surface area contributed by atoms with Gasteiger partial charge in [-0.2, -0.15) is 48.9 Å². The molecule has 1 aromatic carbocycles. The maximum absolute atomic E-state index is 14.9. The molecule has 4 N–H and O–H groups in total. The molecule has 40 heavy (non-hydrogen) atoms. The molecule has 0 aliphatic carbocycles. The Bertz CT molecular complexity index is 1330. The Morgan fingerprint density at radius 3 is 2.20 bits per heavy atom. The van der Waals surface area contributed by atoms with E-state index in [0.717, 1.165) is 4.90 Å². The topological polar surface area (TPSA) is 113 Å². The lowest BCUT2D eigenvalue weighted by Gasteiger charge is -2.35. The molecule has 0 saturated carbocycles. The molecule has 3 amide bonds. The van der Waals surface area contributed by atoms with Crippen molar-refractivity contribution in [3.8, 4) is 0 Å². The van der Waals surface area contributed by atoms with E-state index in [9.17, 15) is 53.5 Å². The summed E-state index contributed by atoms with van der Waals surface area (Å²) < 4.78 is 136. The predicted octanol–water partition coefficient (Wildman–Crippen LogP) is 5.34. The van der Waals surface area contributed by atoms with Gasteiger partial charge in [-0.25, -0.2) is 9.78 Å². The highest BCUT2D eigenvalue weighted by Gasteiger charge is 2.76. The highest BCUT2D eigenvalue weighted by atomic mass is 35.5. The summed E-state index contributed by atoms with van der Waals surface area (Å²) in [5, 5.41) is 2.62. The molecule has 1 aromatic heterocycles. The quantitative estimate of drug-likeness (QED) is 0.382. The number of carbonyl (C=O) groups is 2. The number of aromatic nitrogens is 2. The Labute approximate surface area is 222 Å². The molecule has 0 bridgehead atoms. The van der Waals surface area contributed by atoms with Crippen LogP contribution in [0.15, 0.2) is 24.4 Å². The molecule has 8 nitrogen and oxygen atoms in total. The second-order valence-corrected chi connectivity index (χ2v) is 9.61. The van der Waals surface area contributed by atoms with Gasteiger partial charge in [0.25, 0.3) is 5.91 Å². The third-order valence-electron chi connectivity index (χ3n) is 5.58. The van der Waals surface area contributed by atoms with E-state index in [1.807, 2.05) is 0 Å². The van der Waals surface area contributed by atoms with Crippen molar-refractivity contribution in [2.24, 2.45) is 0 Å². The summed E-state index contributed by atoms with van der Waals surface area (Å²) in [6, 6.07) is -4.07. The Balaban J connectivity index is 2.08. The molecule has 19 heteroatoms. The van der Waals surface area contributed by atoms with Crippen molar-refractivity contribution < 1.29 is 53.5 Å². The molecule has 2 aromatic rings. The average Bonchev–Trinajstić information content (AvgIpc) is 3.08. The van der Waals surface area contributed by atoms with Gasteiger partial charge >= 0.3 is 30.2 Å². The second-order valence-electron chi connectivity index (χ2n) is 9.20. The van der Waals surface area contributed by atoms with Crippen LogP contribution in [-0.4, -0.2) is 52.0 Å². The SMILES string of the molecule is CC1(C)CN(c2ncc(C(=O)NC(c3cc(C(F)(F)F)ccc3Cl)C(F)(F)C(F)(F)C(F)(F)F)c(N)n2)C(=O)N1. The van der Waals surface area contributed by atoms with Crippen LogP contribution < -0.4 is 21.3 Å². The zero-order valence-electron chi connectivity index (χ0n) is 20.0. The van der Waals surface area contributed by atoms with Crippen LogP contribution in [0.25, 0.3) is 0 Å². The molecule has 1 fully saturated rings. The minimum atomic E-state index is -6.90. The number of amides is 3. The summed E-state index contributed by atoms with van der Waals surface area (Å²) in [6.45, 7) is 3.27. The molecule has 220 valence electrons. The number of carbonyl (C=O) groups excluding carboxylic acids is 2. The third-order valence-corrected chi connectivity index (χ3v) is 5.93. The van der Waals surface area contributed by atoms with Gasteiger partial charge in [0.1, 0.15) is 11.9 Å². The molecule has 3 rings (SSSR count). The van der Waals surface area contributed by atoms with Crippen LogP contribution in [0.5, 0.6) is 0 Å². The number of alkyl halides is 10. The van der Waals surface area contributed by atoms with E-state index in [-0.39, 0.29) is 24.6 Å². The van der Waals surface area contributed by atoms with Crippen molar-refractivity contribution in [1.82, 2.24) is 20.6 Å². The van der Waals surface area contributed by atoms with E-state index < -0.39 is 75.2 Å². The predicted molar refractivity (Wildman–Crippen MR) is 119 cm³/mol. The van der Waals surface area contributed by atoms with E-state index in [2.05, 4.69) is 15.3 Å². The van der Waals surface area contributed by atoms with Gasteiger partial charge in [-0.1, -0.05) is 11.6 Å². The van der Waals surface area contributed by atoms with Crippen LogP contribution in [-0.2, 0) is 6.18 Å².